The maximum atomic E-state index is 11.1. The molecule has 1 fully saturated rings. The normalized spacial score (nSPS) is 22.6. The van der Waals surface area contributed by atoms with Gasteiger partial charge in [-0.3, -0.25) is 4.52 Å². The molecule has 0 aromatic carbocycles. The minimum absolute atomic E-state index is 0.0265. The van der Waals surface area contributed by atoms with Gasteiger partial charge in [0.05, 0.1) is 0 Å². The fraction of sp³-hybridized carbons (Fsp3) is 0.500. The summed E-state index contributed by atoms with van der Waals surface area (Å²) in [6, 6.07) is 0. The molecule has 0 aliphatic carbocycles. The second-order valence-corrected chi connectivity index (χ2v) is 3.54. The van der Waals surface area contributed by atoms with E-state index in [0.717, 1.165) is 0 Å². The lowest BCUT2D eigenvalue weighted by atomic mass is 10.7. The predicted octanol–water partition coefficient (Wildman–Crippen LogP) is 1.77. The predicted molar refractivity (Wildman–Crippen MR) is 39.7 cm³/mol. The highest BCUT2D eigenvalue weighted by molar-refractivity contribution is 7.40. The van der Waals surface area contributed by atoms with Crippen molar-refractivity contribution in [3.63, 3.8) is 0 Å². The fourth-order valence-corrected chi connectivity index (χ4v) is 1.43. The van der Waals surface area contributed by atoms with E-state index < -0.39 is 20.0 Å². The van der Waals surface area contributed by atoms with E-state index in [1.54, 1.807) is 6.92 Å². The number of rotatable bonds is 3. The van der Waals surface area contributed by atoms with Crippen LogP contribution in [0.5, 0.6) is 0 Å². The first-order valence-corrected chi connectivity index (χ1v) is 4.47. The average molecular weight is 191 g/mol. The highest BCUT2D eigenvalue weighted by atomic mass is 31.1. The van der Waals surface area contributed by atoms with E-state index in [1.807, 2.05) is 0 Å². The van der Waals surface area contributed by atoms with Gasteiger partial charge in [0.2, 0.25) is 0 Å². The quantitative estimate of drug-likeness (QED) is 0.386. The zero-order valence-corrected chi connectivity index (χ0v) is 7.37. The van der Waals surface area contributed by atoms with Gasteiger partial charge in [0.25, 0.3) is 0 Å². The summed E-state index contributed by atoms with van der Waals surface area (Å²) in [7, 11) is -2.07. The van der Waals surface area contributed by atoms with E-state index in [2.05, 4.69) is 16.1 Å². The van der Waals surface area contributed by atoms with E-state index >= 15 is 0 Å². The van der Waals surface area contributed by atoms with Crippen molar-refractivity contribution in [2.45, 2.75) is 12.8 Å². The van der Waals surface area contributed by atoms with Crippen molar-refractivity contribution in [1.82, 2.24) is 0 Å². The zero-order chi connectivity index (χ0) is 9.14. The summed E-state index contributed by atoms with van der Waals surface area (Å²) >= 11 is 0. The summed E-state index contributed by atoms with van der Waals surface area (Å²) in [5, 5.41) is 0. The van der Waals surface area contributed by atoms with Crippen molar-refractivity contribution in [3.05, 3.63) is 12.3 Å². The van der Waals surface area contributed by atoms with Crippen LogP contribution in [0.1, 0.15) is 6.92 Å². The molecular formula is C6H8O5P+. The third-order valence-corrected chi connectivity index (χ3v) is 2.27. The molecule has 5 nitrogen and oxygen atoms in total. The Morgan fingerprint density at radius 3 is 2.92 bits per heavy atom. The number of ether oxygens (including phenoxy) is 2. The summed E-state index contributed by atoms with van der Waals surface area (Å²) < 4.78 is 24.8. The molecule has 0 spiro atoms. The maximum Gasteiger partial charge on any atom is 0.605 e. The smallest absolute Gasteiger partial charge is 0.425 e. The number of allylic oxidation sites excluding steroid dienone is 1. The summed E-state index contributed by atoms with van der Waals surface area (Å²) in [6.45, 7) is 4.93. The summed E-state index contributed by atoms with van der Waals surface area (Å²) in [5.41, 5.74) is 0. The summed E-state index contributed by atoms with van der Waals surface area (Å²) in [6.07, 6.45) is -0.811. The molecule has 1 aliphatic rings. The average Bonchev–Trinajstić information content (AvgIpc) is 2.34. The van der Waals surface area contributed by atoms with Crippen LogP contribution in [0.15, 0.2) is 12.3 Å². The Bertz CT molecular complexity index is 236. The molecule has 1 aliphatic heterocycles. The van der Waals surface area contributed by atoms with Crippen molar-refractivity contribution in [2.75, 3.05) is 6.61 Å². The molecule has 0 aromatic heterocycles. The Hall–Kier alpha value is -1.09. The minimum atomic E-state index is -2.07. The van der Waals surface area contributed by atoms with Crippen LogP contribution >= 0.6 is 8.03 Å². The van der Waals surface area contributed by atoms with Crippen LogP contribution in [0.2, 0.25) is 0 Å². The first-order chi connectivity index (χ1) is 5.59. The Morgan fingerprint density at radius 2 is 2.50 bits per heavy atom. The second-order valence-electron chi connectivity index (χ2n) is 2.21. The van der Waals surface area contributed by atoms with Crippen molar-refractivity contribution in [2.24, 2.45) is 0 Å². The van der Waals surface area contributed by atoms with Crippen molar-refractivity contribution in [3.8, 4) is 0 Å². The Kier molecular flexibility index (Phi) is 2.65. The third kappa shape index (κ3) is 2.20. The third-order valence-electron chi connectivity index (χ3n) is 1.06. The molecule has 12 heavy (non-hydrogen) atoms. The van der Waals surface area contributed by atoms with Gasteiger partial charge in [-0.2, -0.15) is 0 Å². The van der Waals surface area contributed by atoms with E-state index in [-0.39, 0.29) is 6.61 Å². The van der Waals surface area contributed by atoms with Crippen LogP contribution in [0, 0.1) is 0 Å². The van der Waals surface area contributed by atoms with Gasteiger partial charge in [-0.15, -0.1) is 0 Å². The van der Waals surface area contributed by atoms with Gasteiger partial charge in [0.1, 0.15) is 0 Å². The summed E-state index contributed by atoms with van der Waals surface area (Å²) in [4.78, 5) is 10.4. The molecule has 66 valence electrons. The zero-order valence-electron chi connectivity index (χ0n) is 6.48. The fourth-order valence-electron chi connectivity index (χ4n) is 0.635. The molecule has 0 bridgehead atoms. The molecule has 2 unspecified atom stereocenters. The molecule has 0 N–H and O–H groups in total. The number of carbonyl (C=O) groups excluding carboxylic acids is 1. The van der Waals surface area contributed by atoms with Crippen LogP contribution in [0.3, 0.4) is 0 Å². The highest BCUT2D eigenvalue weighted by Gasteiger charge is 2.44. The van der Waals surface area contributed by atoms with Gasteiger partial charge in [-0.05, 0) is 11.5 Å². The standard InChI is InChI=1S/C6H8O5P/c1-4(2)11-12(8)5-3-9-6(7)10-5/h5H,1,3H2,2H3/q+1. The molecule has 1 rings (SSSR count). The maximum absolute atomic E-state index is 11.1. The Morgan fingerprint density at radius 1 is 1.83 bits per heavy atom. The van der Waals surface area contributed by atoms with Crippen LogP contribution in [0.25, 0.3) is 0 Å². The monoisotopic (exact) mass is 191 g/mol. The Balaban J connectivity index is 2.43. The van der Waals surface area contributed by atoms with E-state index in [1.165, 1.54) is 0 Å². The van der Waals surface area contributed by atoms with Crippen molar-refractivity contribution >= 4 is 14.2 Å². The molecule has 1 saturated heterocycles. The molecule has 0 amide bonds. The van der Waals surface area contributed by atoms with Gasteiger partial charge in [-0.1, -0.05) is 6.58 Å². The van der Waals surface area contributed by atoms with Crippen molar-refractivity contribution in [1.29, 1.82) is 0 Å². The van der Waals surface area contributed by atoms with E-state index in [9.17, 15) is 9.36 Å². The lowest BCUT2D eigenvalue weighted by Crippen LogP contribution is -2.04. The van der Waals surface area contributed by atoms with E-state index in [4.69, 9.17) is 4.52 Å². The minimum Gasteiger partial charge on any atom is -0.425 e. The van der Waals surface area contributed by atoms with Gasteiger partial charge in [0.15, 0.2) is 12.4 Å². The molecule has 6 heteroatoms. The highest BCUT2D eigenvalue weighted by Crippen LogP contribution is 2.35. The first kappa shape index (κ1) is 9.00. The second kappa shape index (κ2) is 3.54. The SMILES string of the molecule is C=C(C)O[P+](=O)C1COC(=O)O1. The van der Waals surface area contributed by atoms with Gasteiger partial charge < -0.3 is 9.47 Å². The number of cyclic esters (lactones) is 2. The largest absolute Gasteiger partial charge is 0.605 e. The van der Waals surface area contributed by atoms with Crippen LogP contribution in [-0.4, -0.2) is 18.6 Å². The lowest BCUT2D eigenvalue weighted by Gasteiger charge is -1.92. The number of hydrogen-bond donors (Lipinski definition) is 0. The molecule has 1 heterocycles. The number of hydrogen-bond acceptors (Lipinski definition) is 5. The molecule has 0 aromatic rings. The van der Waals surface area contributed by atoms with Gasteiger partial charge >= 0.3 is 20.0 Å². The van der Waals surface area contributed by atoms with Crippen molar-refractivity contribution < 1.29 is 23.4 Å². The number of carbonyl (C=O) groups is 1. The van der Waals surface area contributed by atoms with Gasteiger partial charge in [-0.25, -0.2) is 4.79 Å². The topological polar surface area (TPSA) is 61.8 Å². The van der Waals surface area contributed by atoms with Crippen LogP contribution < -0.4 is 0 Å². The lowest BCUT2D eigenvalue weighted by molar-refractivity contribution is 0.127. The molecule has 0 radical (unpaired) electrons. The molecule has 0 saturated carbocycles. The Labute approximate surface area is 70.2 Å². The molecular weight excluding hydrogens is 183 g/mol. The molecule has 2 atom stereocenters. The van der Waals surface area contributed by atoms with Crippen LogP contribution in [-0.2, 0) is 18.6 Å². The first-order valence-electron chi connectivity index (χ1n) is 3.23. The summed E-state index contributed by atoms with van der Waals surface area (Å²) in [5.74, 6) is -0.483. The van der Waals surface area contributed by atoms with Crippen LogP contribution in [0.4, 0.5) is 4.79 Å². The van der Waals surface area contributed by atoms with Gasteiger partial charge in [0, 0.05) is 0 Å². The van der Waals surface area contributed by atoms with E-state index in [0.29, 0.717) is 5.76 Å².